The van der Waals surface area contributed by atoms with Crippen LogP contribution in [0.4, 0.5) is 0 Å². The maximum absolute atomic E-state index is 11.4. The lowest BCUT2D eigenvalue weighted by atomic mass is 10.1. The minimum atomic E-state index is 0.0409. The Morgan fingerprint density at radius 1 is 1.33 bits per heavy atom. The molecule has 15 heavy (non-hydrogen) atoms. The molecule has 78 valence electrons. The largest absolute Gasteiger partial charge is 0.352 e. The van der Waals surface area contributed by atoms with Crippen LogP contribution in [-0.4, -0.2) is 10.8 Å². The number of carbonyl (C=O) groups is 1. The van der Waals surface area contributed by atoms with Crippen molar-refractivity contribution in [2.75, 3.05) is 0 Å². The molecule has 0 spiro atoms. The number of halogens is 1. The molecule has 0 fully saturated rings. The van der Waals surface area contributed by atoms with Gasteiger partial charge in [0.15, 0.2) is 5.78 Å². The molecule has 0 saturated heterocycles. The highest BCUT2D eigenvalue weighted by molar-refractivity contribution is 6.36. The molecule has 0 aliphatic carbocycles. The molecule has 2 aromatic rings. The van der Waals surface area contributed by atoms with Crippen molar-refractivity contribution < 1.29 is 4.79 Å². The number of ketones is 1. The second-order valence-corrected chi connectivity index (χ2v) is 4.20. The standard InChI is InChI=1S/C12H12ClNO/c1-6-4-5-9(13)10-7(2)12(8(3)15)14-11(6)10/h4-5,14H,1-3H3. The third kappa shape index (κ3) is 1.45. The Morgan fingerprint density at radius 2 is 2.00 bits per heavy atom. The predicted molar refractivity (Wildman–Crippen MR) is 62.8 cm³/mol. The smallest absolute Gasteiger partial charge is 0.176 e. The molecule has 2 rings (SSSR count). The van der Waals surface area contributed by atoms with E-state index in [1.165, 1.54) is 0 Å². The topological polar surface area (TPSA) is 32.9 Å². The Morgan fingerprint density at radius 3 is 2.53 bits per heavy atom. The Balaban J connectivity index is 2.93. The zero-order valence-electron chi connectivity index (χ0n) is 8.94. The molecule has 0 radical (unpaired) electrons. The van der Waals surface area contributed by atoms with E-state index in [1.807, 2.05) is 26.0 Å². The minimum absolute atomic E-state index is 0.0409. The van der Waals surface area contributed by atoms with Gasteiger partial charge in [0, 0.05) is 12.3 Å². The van der Waals surface area contributed by atoms with Crippen LogP contribution in [0, 0.1) is 13.8 Å². The van der Waals surface area contributed by atoms with Crippen LogP contribution in [0.5, 0.6) is 0 Å². The highest BCUT2D eigenvalue weighted by atomic mass is 35.5. The summed E-state index contributed by atoms with van der Waals surface area (Å²) in [6.07, 6.45) is 0. The molecule has 1 aromatic carbocycles. The number of H-pyrrole nitrogens is 1. The van der Waals surface area contributed by atoms with E-state index < -0.39 is 0 Å². The highest BCUT2D eigenvalue weighted by Gasteiger charge is 2.14. The normalized spacial score (nSPS) is 10.9. The van der Waals surface area contributed by atoms with Gasteiger partial charge in [-0.25, -0.2) is 0 Å². The third-order valence-corrected chi connectivity index (χ3v) is 3.03. The lowest BCUT2D eigenvalue weighted by molar-refractivity contribution is 0.101. The first-order chi connectivity index (χ1) is 7.02. The van der Waals surface area contributed by atoms with Gasteiger partial charge in [-0.1, -0.05) is 17.7 Å². The van der Waals surface area contributed by atoms with Crippen LogP contribution in [0.15, 0.2) is 12.1 Å². The van der Waals surface area contributed by atoms with Crippen molar-refractivity contribution in [3.05, 3.63) is 34.0 Å². The van der Waals surface area contributed by atoms with Gasteiger partial charge < -0.3 is 4.98 Å². The zero-order chi connectivity index (χ0) is 11.2. The van der Waals surface area contributed by atoms with E-state index in [1.54, 1.807) is 6.92 Å². The number of fused-ring (bicyclic) bond motifs is 1. The average Bonchev–Trinajstić information content (AvgIpc) is 2.51. The number of hydrogen-bond acceptors (Lipinski definition) is 1. The zero-order valence-corrected chi connectivity index (χ0v) is 9.70. The van der Waals surface area contributed by atoms with Gasteiger partial charge in [-0.15, -0.1) is 0 Å². The van der Waals surface area contributed by atoms with E-state index >= 15 is 0 Å². The highest BCUT2D eigenvalue weighted by Crippen LogP contribution is 2.31. The number of hydrogen-bond donors (Lipinski definition) is 1. The quantitative estimate of drug-likeness (QED) is 0.733. The fourth-order valence-electron chi connectivity index (χ4n) is 1.90. The number of aromatic amines is 1. The van der Waals surface area contributed by atoms with Crippen molar-refractivity contribution in [1.82, 2.24) is 4.98 Å². The fraction of sp³-hybridized carbons (Fsp3) is 0.250. The molecule has 1 aromatic heterocycles. The number of carbonyl (C=O) groups excluding carboxylic acids is 1. The van der Waals surface area contributed by atoms with Gasteiger partial charge in [0.25, 0.3) is 0 Å². The van der Waals surface area contributed by atoms with E-state index in [-0.39, 0.29) is 5.78 Å². The number of rotatable bonds is 1. The predicted octanol–water partition coefficient (Wildman–Crippen LogP) is 3.64. The molecule has 0 aliphatic heterocycles. The van der Waals surface area contributed by atoms with Crippen LogP contribution in [0.3, 0.4) is 0 Å². The Hall–Kier alpha value is -1.28. The van der Waals surface area contributed by atoms with Crippen LogP contribution < -0.4 is 0 Å². The van der Waals surface area contributed by atoms with Gasteiger partial charge in [0.2, 0.25) is 0 Å². The lowest BCUT2D eigenvalue weighted by Gasteiger charge is -1.98. The van der Waals surface area contributed by atoms with Crippen molar-refractivity contribution in [2.45, 2.75) is 20.8 Å². The van der Waals surface area contributed by atoms with E-state index in [0.29, 0.717) is 10.7 Å². The van der Waals surface area contributed by atoms with Crippen molar-refractivity contribution in [1.29, 1.82) is 0 Å². The molecule has 0 amide bonds. The maximum atomic E-state index is 11.4. The molecule has 0 atom stereocenters. The first-order valence-electron chi connectivity index (χ1n) is 4.80. The lowest BCUT2D eigenvalue weighted by Crippen LogP contribution is -1.93. The third-order valence-electron chi connectivity index (χ3n) is 2.71. The molecule has 2 nitrogen and oxygen atoms in total. The van der Waals surface area contributed by atoms with Gasteiger partial charge in [-0.2, -0.15) is 0 Å². The summed E-state index contributed by atoms with van der Waals surface area (Å²) < 4.78 is 0. The molecule has 0 unspecified atom stereocenters. The molecular formula is C12H12ClNO. The second kappa shape index (κ2) is 3.38. The molecular weight excluding hydrogens is 210 g/mol. The monoisotopic (exact) mass is 221 g/mol. The van der Waals surface area contributed by atoms with E-state index in [2.05, 4.69) is 4.98 Å². The summed E-state index contributed by atoms with van der Waals surface area (Å²) in [6.45, 7) is 5.47. The summed E-state index contributed by atoms with van der Waals surface area (Å²) in [5, 5.41) is 1.65. The molecule has 0 aliphatic rings. The van der Waals surface area contributed by atoms with Crippen molar-refractivity contribution in [2.24, 2.45) is 0 Å². The summed E-state index contributed by atoms with van der Waals surface area (Å²) in [6, 6.07) is 3.81. The molecule has 0 saturated carbocycles. The Kier molecular flexibility index (Phi) is 2.31. The van der Waals surface area contributed by atoms with Gasteiger partial charge in [0.05, 0.1) is 16.2 Å². The summed E-state index contributed by atoms with van der Waals surface area (Å²) in [7, 11) is 0. The second-order valence-electron chi connectivity index (χ2n) is 3.80. The van der Waals surface area contributed by atoms with Crippen molar-refractivity contribution >= 4 is 28.3 Å². The van der Waals surface area contributed by atoms with E-state index in [4.69, 9.17) is 11.6 Å². The summed E-state index contributed by atoms with van der Waals surface area (Å²) >= 11 is 6.12. The summed E-state index contributed by atoms with van der Waals surface area (Å²) in [5.74, 6) is 0.0409. The molecule has 1 heterocycles. The fourth-order valence-corrected chi connectivity index (χ4v) is 2.20. The van der Waals surface area contributed by atoms with Gasteiger partial charge in [0.1, 0.15) is 0 Å². The average molecular weight is 222 g/mol. The van der Waals surface area contributed by atoms with E-state index in [0.717, 1.165) is 22.0 Å². The number of aryl methyl sites for hydroxylation is 2. The number of nitrogens with one attached hydrogen (secondary N) is 1. The molecule has 3 heteroatoms. The van der Waals surface area contributed by atoms with Gasteiger partial charge >= 0.3 is 0 Å². The minimum Gasteiger partial charge on any atom is -0.352 e. The van der Waals surface area contributed by atoms with Crippen LogP contribution in [-0.2, 0) is 0 Å². The summed E-state index contributed by atoms with van der Waals surface area (Å²) in [4.78, 5) is 14.5. The van der Waals surface area contributed by atoms with Crippen LogP contribution in [0.2, 0.25) is 5.02 Å². The summed E-state index contributed by atoms with van der Waals surface area (Å²) in [5.41, 5.74) is 3.66. The van der Waals surface area contributed by atoms with Gasteiger partial charge in [-0.3, -0.25) is 4.79 Å². The van der Waals surface area contributed by atoms with Gasteiger partial charge in [-0.05, 0) is 31.0 Å². The number of aromatic nitrogens is 1. The number of Topliss-reactive ketones (excluding diaryl/α,β-unsaturated/α-hetero) is 1. The molecule has 1 N–H and O–H groups in total. The first kappa shape index (κ1) is 10.2. The number of benzene rings is 1. The van der Waals surface area contributed by atoms with E-state index in [9.17, 15) is 4.79 Å². The van der Waals surface area contributed by atoms with Crippen molar-refractivity contribution in [3.63, 3.8) is 0 Å². The van der Waals surface area contributed by atoms with Crippen molar-refractivity contribution in [3.8, 4) is 0 Å². The SMILES string of the molecule is CC(=O)c1[nH]c2c(C)ccc(Cl)c2c1C. The van der Waals surface area contributed by atoms with Crippen LogP contribution >= 0.6 is 11.6 Å². The molecule has 0 bridgehead atoms. The first-order valence-corrected chi connectivity index (χ1v) is 5.18. The maximum Gasteiger partial charge on any atom is 0.176 e. The van der Waals surface area contributed by atoms with Crippen LogP contribution in [0.1, 0.15) is 28.5 Å². The Labute approximate surface area is 93.2 Å². The van der Waals surface area contributed by atoms with Crippen LogP contribution in [0.25, 0.3) is 10.9 Å². The Bertz CT molecular complexity index is 554.